The van der Waals surface area contributed by atoms with Crippen molar-refractivity contribution in [1.82, 2.24) is 18.9 Å². The third kappa shape index (κ3) is 2.65. The Balaban J connectivity index is 1.53. The summed E-state index contributed by atoms with van der Waals surface area (Å²) in [6.45, 7) is 1.54. The number of rotatable bonds is 3. The summed E-state index contributed by atoms with van der Waals surface area (Å²) in [5.41, 5.74) is 1.35. The highest BCUT2D eigenvalue weighted by Gasteiger charge is 2.30. The maximum absolute atomic E-state index is 10.6. The Labute approximate surface area is 145 Å². The van der Waals surface area contributed by atoms with Crippen LogP contribution >= 0.6 is 0 Å². The van der Waals surface area contributed by atoms with Crippen LogP contribution in [0.25, 0.3) is 5.65 Å². The van der Waals surface area contributed by atoms with Crippen LogP contribution < -0.4 is 4.90 Å². The lowest BCUT2D eigenvalue weighted by Gasteiger charge is -2.34. The van der Waals surface area contributed by atoms with E-state index in [-0.39, 0.29) is 5.92 Å². The molecule has 1 atom stereocenters. The summed E-state index contributed by atoms with van der Waals surface area (Å²) in [4.78, 5) is 11.0. The van der Waals surface area contributed by atoms with E-state index in [1.807, 2.05) is 46.6 Å². The van der Waals surface area contributed by atoms with Crippen LogP contribution in [0.2, 0.25) is 0 Å². The molecule has 1 aliphatic rings. The molecule has 0 bridgehead atoms. The first kappa shape index (κ1) is 15.7. The van der Waals surface area contributed by atoms with E-state index < -0.39 is 6.10 Å². The molecule has 0 saturated carbocycles. The molecular weight excluding hydrogens is 316 g/mol. The van der Waals surface area contributed by atoms with E-state index in [1.165, 1.54) is 0 Å². The van der Waals surface area contributed by atoms with Gasteiger partial charge in [-0.15, -0.1) is 0 Å². The molecule has 1 fully saturated rings. The molecule has 0 amide bonds. The Morgan fingerprint density at radius 2 is 2.08 bits per heavy atom. The first-order valence-electron chi connectivity index (χ1n) is 8.46. The van der Waals surface area contributed by atoms with Gasteiger partial charge in [-0.1, -0.05) is 6.07 Å². The van der Waals surface area contributed by atoms with Crippen molar-refractivity contribution in [3.05, 3.63) is 48.3 Å². The van der Waals surface area contributed by atoms with Crippen LogP contribution in [0, 0.1) is 17.2 Å². The molecule has 128 valence electrons. The largest absolute Gasteiger partial charge is 0.385 e. The zero-order valence-corrected chi connectivity index (χ0v) is 14.1. The van der Waals surface area contributed by atoms with Crippen molar-refractivity contribution in [2.75, 3.05) is 18.0 Å². The Kier molecular flexibility index (Phi) is 3.90. The van der Waals surface area contributed by atoms with Crippen molar-refractivity contribution >= 4 is 11.5 Å². The summed E-state index contributed by atoms with van der Waals surface area (Å²) in [5, 5.41) is 20.2. The second-order valence-corrected chi connectivity index (χ2v) is 6.49. The van der Waals surface area contributed by atoms with Gasteiger partial charge in [-0.05, 0) is 30.9 Å². The van der Waals surface area contributed by atoms with Crippen LogP contribution in [-0.4, -0.2) is 37.1 Å². The fraction of sp³-hybridized carbons (Fsp3) is 0.389. The van der Waals surface area contributed by atoms with Gasteiger partial charge in [-0.3, -0.25) is 4.40 Å². The smallest absolute Gasteiger partial charge is 0.169 e. The number of hydrogen-bond acceptors (Lipinski definition) is 5. The zero-order valence-electron chi connectivity index (χ0n) is 14.1. The Hall–Kier alpha value is -2.85. The van der Waals surface area contributed by atoms with Crippen LogP contribution in [0.3, 0.4) is 0 Å². The second kappa shape index (κ2) is 6.22. The SMILES string of the molecule is Cn1ccnc1C(O)C1CCN(c2nc3ccccn3c2C#N)CC1. The lowest BCUT2D eigenvalue weighted by atomic mass is 9.90. The van der Waals surface area contributed by atoms with Gasteiger partial charge in [-0.2, -0.15) is 5.26 Å². The van der Waals surface area contributed by atoms with Crippen molar-refractivity contribution < 1.29 is 5.11 Å². The molecule has 7 nitrogen and oxygen atoms in total. The number of aliphatic hydroxyl groups excluding tert-OH is 1. The van der Waals surface area contributed by atoms with E-state index in [0.29, 0.717) is 11.5 Å². The number of aryl methyl sites for hydroxylation is 1. The van der Waals surface area contributed by atoms with Crippen LogP contribution in [-0.2, 0) is 7.05 Å². The van der Waals surface area contributed by atoms with Crippen LogP contribution in [0.5, 0.6) is 0 Å². The van der Waals surface area contributed by atoms with Gasteiger partial charge in [0.05, 0.1) is 0 Å². The maximum Gasteiger partial charge on any atom is 0.169 e. The minimum atomic E-state index is -0.557. The average molecular weight is 336 g/mol. The molecule has 1 saturated heterocycles. The number of nitrogens with zero attached hydrogens (tertiary/aromatic N) is 6. The molecule has 0 aromatic carbocycles. The van der Waals surface area contributed by atoms with E-state index in [1.54, 1.807) is 6.20 Å². The minimum absolute atomic E-state index is 0.167. The predicted molar refractivity (Wildman–Crippen MR) is 93.0 cm³/mol. The minimum Gasteiger partial charge on any atom is -0.385 e. The van der Waals surface area contributed by atoms with Crippen LogP contribution in [0.4, 0.5) is 5.82 Å². The number of anilines is 1. The summed E-state index contributed by atoms with van der Waals surface area (Å²) in [7, 11) is 1.90. The van der Waals surface area contributed by atoms with Crippen molar-refractivity contribution in [2.45, 2.75) is 18.9 Å². The fourth-order valence-corrected chi connectivity index (χ4v) is 3.61. The quantitative estimate of drug-likeness (QED) is 0.790. The molecule has 0 spiro atoms. The molecule has 3 aromatic rings. The molecule has 3 aromatic heterocycles. The third-order valence-corrected chi connectivity index (χ3v) is 5.03. The van der Waals surface area contributed by atoms with Gasteiger partial charge in [-0.25, -0.2) is 9.97 Å². The Morgan fingerprint density at radius 3 is 2.76 bits per heavy atom. The highest BCUT2D eigenvalue weighted by molar-refractivity contribution is 5.60. The molecule has 1 unspecified atom stereocenters. The standard InChI is InChI=1S/C18H20N6O/c1-22-11-7-20-18(22)16(25)13-5-9-23(10-6-13)17-14(12-19)24-8-3-2-4-15(24)21-17/h2-4,7-8,11,13,16,25H,5-6,9-10H2,1H3. The molecule has 4 rings (SSSR count). The number of fused-ring (bicyclic) bond motifs is 1. The number of imidazole rings is 2. The fourth-order valence-electron chi connectivity index (χ4n) is 3.61. The third-order valence-electron chi connectivity index (χ3n) is 5.03. The van der Waals surface area contributed by atoms with E-state index in [4.69, 9.17) is 0 Å². The highest BCUT2D eigenvalue weighted by atomic mass is 16.3. The van der Waals surface area contributed by atoms with E-state index >= 15 is 0 Å². The van der Waals surface area contributed by atoms with E-state index in [0.717, 1.165) is 37.4 Å². The number of pyridine rings is 1. The molecule has 4 heterocycles. The molecule has 1 aliphatic heterocycles. The first-order chi connectivity index (χ1) is 12.2. The van der Waals surface area contributed by atoms with E-state index in [9.17, 15) is 10.4 Å². The number of aromatic nitrogens is 4. The van der Waals surface area contributed by atoms with Crippen LogP contribution in [0.1, 0.15) is 30.5 Å². The van der Waals surface area contributed by atoms with Gasteiger partial charge in [0.25, 0.3) is 0 Å². The zero-order chi connectivity index (χ0) is 17.4. The molecule has 0 aliphatic carbocycles. The topological polar surface area (TPSA) is 82.4 Å². The van der Waals surface area contributed by atoms with Gasteiger partial charge >= 0.3 is 0 Å². The van der Waals surface area contributed by atoms with Gasteiger partial charge in [0.15, 0.2) is 11.5 Å². The molecule has 7 heteroatoms. The normalized spacial score (nSPS) is 16.9. The summed E-state index contributed by atoms with van der Waals surface area (Å²) >= 11 is 0. The highest BCUT2D eigenvalue weighted by Crippen LogP contribution is 2.32. The summed E-state index contributed by atoms with van der Waals surface area (Å²) in [5.74, 6) is 1.61. The van der Waals surface area contributed by atoms with Crippen molar-refractivity contribution in [1.29, 1.82) is 5.26 Å². The predicted octanol–water partition coefficient (Wildman–Crippen LogP) is 1.89. The second-order valence-electron chi connectivity index (χ2n) is 6.49. The lowest BCUT2D eigenvalue weighted by Crippen LogP contribution is -2.36. The van der Waals surface area contributed by atoms with Crippen LogP contribution in [0.15, 0.2) is 36.8 Å². The molecular formula is C18H20N6O. The van der Waals surface area contributed by atoms with Crippen molar-refractivity contribution in [3.63, 3.8) is 0 Å². The van der Waals surface area contributed by atoms with Gasteiger partial charge in [0.1, 0.15) is 23.6 Å². The van der Waals surface area contributed by atoms with Crippen molar-refractivity contribution in [3.8, 4) is 6.07 Å². The van der Waals surface area contributed by atoms with Gasteiger partial charge in [0, 0.05) is 38.7 Å². The number of hydrogen-bond donors (Lipinski definition) is 1. The number of aliphatic hydroxyl groups is 1. The summed E-state index contributed by atoms with van der Waals surface area (Å²) in [6, 6.07) is 8.00. The first-order valence-corrected chi connectivity index (χ1v) is 8.46. The van der Waals surface area contributed by atoms with Gasteiger partial charge in [0.2, 0.25) is 0 Å². The lowest BCUT2D eigenvalue weighted by molar-refractivity contribution is 0.0824. The maximum atomic E-state index is 10.6. The van der Waals surface area contributed by atoms with Crippen molar-refractivity contribution in [2.24, 2.45) is 13.0 Å². The average Bonchev–Trinajstić information content (AvgIpc) is 3.24. The molecule has 1 N–H and O–H groups in total. The van der Waals surface area contributed by atoms with E-state index in [2.05, 4.69) is 20.9 Å². The summed E-state index contributed by atoms with van der Waals surface area (Å²) in [6.07, 6.45) is 6.55. The molecule has 0 radical (unpaired) electrons. The summed E-state index contributed by atoms with van der Waals surface area (Å²) < 4.78 is 3.69. The van der Waals surface area contributed by atoms with Gasteiger partial charge < -0.3 is 14.6 Å². The Bertz CT molecular complexity index is 929. The number of piperidine rings is 1. The monoisotopic (exact) mass is 336 g/mol. The molecule has 25 heavy (non-hydrogen) atoms. The number of nitriles is 1. The Morgan fingerprint density at radius 1 is 1.28 bits per heavy atom.